The van der Waals surface area contributed by atoms with Crippen LogP contribution >= 0.6 is 0 Å². The number of carbonyl (C=O) groups is 1. The molecule has 2 atom stereocenters. The number of carbonyl (C=O) groups excluding carboxylic acids is 1. The molecule has 164 valence electrons. The third kappa shape index (κ3) is 6.31. The zero-order valence-electron chi connectivity index (χ0n) is 18.8. The van der Waals surface area contributed by atoms with Crippen LogP contribution in [0.25, 0.3) is 0 Å². The van der Waals surface area contributed by atoms with Gasteiger partial charge in [0, 0.05) is 23.9 Å². The van der Waals surface area contributed by atoms with E-state index in [1.165, 1.54) is 5.56 Å². The van der Waals surface area contributed by atoms with Gasteiger partial charge in [0.2, 0.25) is 0 Å². The van der Waals surface area contributed by atoms with Gasteiger partial charge in [-0.1, -0.05) is 81.4 Å². The first-order chi connectivity index (χ1) is 14.0. The van der Waals surface area contributed by atoms with E-state index in [1.54, 1.807) is 0 Å². The van der Waals surface area contributed by atoms with Crippen molar-refractivity contribution < 1.29 is 14.6 Å². The molecule has 0 radical (unpaired) electrons. The van der Waals surface area contributed by atoms with Crippen molar-refractivity contribution in [2.75, 3.05) is 6.54 Å². The maximum atomic E-state index is 11.9. The number of rotatable bonds is 9. The summed E-state index contributed by atoms with van der Waals surface area (Å²) in [5, 5.41) is 14.8. The van der Waals surface area contributed by atoms with Crippen molar-refractivity contribution in [3.05, 3.63) is 71.8 Å². The quantitative estimate of drug-likeness (QED) is 0.579. The summed E-state index contributed by atoms with van der Waals surface area (Å²) in [7, 11) is 0. The summed E-state index contributed by atoms with van der Waals surface area (Å²) in [4.78, 5) is 11.9. The summed E-state index contributed by atoms with van der Waals surface area (Å²) in [5.41, 5.74) is 5.64. The minimum atomic E-state index is -1.18. The number of nitrogens with one attached hydrogen (secondary N) is 1. The van der Waals surface area contributed by atoms with Crippen molar-refractivity contribution in [3.8, 4) is 0 Å². The van der Waals surface area contributed by atoms with Gasteiger partial charge in [0.1, 0.15) is 11.7 Å². The van der Waals surface area contributed by atoms with E-state index in [9.17, 15) is 9.90 Å². The largest absolute Gasteiger partial charge is 0.439 e. The molecule has 0 aliphatic carbocycles. The molecule has 0 aliphatic rings. The van der Waals surface area contributed by atoms with Gasteiger partial charge in [0.15, 0.2) is 0 Å². The van der Waals surface area contributed by atoms with Crippen molar-refractivity contribution in [1.82, 2.24) is 5.32 Å². The highest BCUT2D eigenvalue weighted by Crippen LogP contribution is 2.40. The number of ether oxygens (including phenoxy) is 1. The van der Waals surface area contributed by atoms with Crippen LogP contribution in [0.15, 0.2) is 60.7 Å². The lowest BCUT2D eigenvalue weighted by molar-refractivity contribution is -0.141. The Morgan fingerprint density at radius 2 is 1.40 bits per heavy atom. The van der Waals surface area contributed by atoms with Gasteiger partial charge >= 0.3 is 6.09 Å². The maximum Gasteiger partial charge on any atom is 0.405 e. The van der Waals surface area contributed by atoms with Crippen LogP contribution in [0.1, 0.15) is 45.7 Å². The van der Waals surface area contributed by atoms with Crippen molar-refractivity contribution in [3.63, 3.8) is 0 Å². The standard InChI is InChI=1S/C25H36N2O3/c1-23(2,3)25(30-22(26)29,17-20-14-10-7-11-15-20)21(28)18-27-24(4,5)16-19-12-8-6-9-13-19/h6-15,21,27-28H,16-18H2,1-5H3,(H2,26,29)/t21-,25-/m1/s1. The maximum absolute atomic E-state index is 11.9. The van der Waals surface area contributed by atoms with Gasteiger partial charge in [-0.15, -0.1) is 0 Å². The number of aliphatic hydroxyl groups is 1. The Morgan fingerprint density at radius 3 is 1.83 bits per heavy atom. The fourth-order valence-electron chi connectivity index (χ4n) is 3.93. The second kappa shape index (κ2) is 9.63. The second-order valence-electron chi connectivity index (χ2n) is 9.67. The Kier molecular flexibility index (Phi) is 7.67. The number of primary amides is 1. The average molecular weight is 413 g/mol. The second-order valence-corrected chi connectivity index (χ2v) is 9.67. The predicted octanol–water partition coefficient (Wildman–Crippen LogP) is 4.08. The fraction of sp³-hybridized carbons (Fsp3) is 0.480. The molecule has 0 heterocycles. The molecule has 0 aliphatic heterocycles. The number of hydrogen-bond acceptors (Lipinski definition) is 4. The average Bonchev–Trinajstić information content (AvgIpc) is 2.65. The highest BCUT2D eigenvalue weighted by atomic mass is 16.6. The smallest absolute Gasteiger partial charge is 0.405 e. The lowest BCUT2D eigenvalue weighted by Crippen LogP contribution is -2.62. The van der Waals surface area contributed by atoms with Gasteiger partial charge in [0.05, 0.1) is 0 Å². The van der Waals surface area contributed by atoms with Gasteiger partial charge in [-0.3, -0.25) is 0 Å². The predicted molar refractivity (Wildman–Crippen MR) is 121 cm³/mol. The highest BCUT2D eigenvalue weighted by molar-refractivity contribution is 5.65. The number of nitrogens with two attached hydrogens (primary N) is 1. The monoisotopic (exact) mass is 412 g/mol. The van der Waals surface area contributed by atoms with Gasteiger partial charge in [-0.25, -0.2) is 4.79 Å². The molecule has 4 N–H and O–H groups in total. The normalized spacial score (nSPS) is 15.3. The molecule has 1 amide bonds. The molecule has 0 bridgehead atoms. The van der Waals surface area contributed by atoms with Crippen LogP contribution in [-0.4, -0.2) is 35.0 Å². The molecule has 0 fully saturated rings. The summed E-state index contributed by atoms with van der Waals surface area (Å²) < 4.78 is 5.70. The van der Waals surface area contributed by atoms with Crippen LogP contribution in [0, 0.1) is 5.41 Å². The van der Waals surface area contributed by atoms with Crippen LogP contribution in [0.3, 0.4) is 0 Å². The van der Waals surface area contributed by atoms with E-state index in [4.69, 9.17) is 10.5 Å². The topological polar surface area (TPSA) is 84.6 Å². The molecule has 2 rings (SSSR count). The Balaban J connectivity index is 2.24. The van der Waals surface area contributed by atoms with Gasteiger partial charge < -0.3 is 20.9 Å². The lowest BCUT2D eigenvalue weighted by Gasteiger charge is -2.47. The van der Waals surface area contributed by atoms with E-state index in [0.717, 1.165) is 12.0 Å². The van der Waals surface area contributed by atoms with E-state index in [0.29, 0.717) is 6.42 Å². The van der Waals surface area contributed by atoms with Crippen molar-refractivity contribution in [1.29, 1.82) is 0 Å². The van der Waals surface area contributed by atoms with E-state index in [1.807, 2.05) is 69.3 Å². The molecule has 5 nitrogen and oxygen atoms in total. The summed E-state index contributed by atoms with van der Waals surface area (Å²) in [5.74, 6) is 0. The molecule has 2 aromatic carbocycles. The molecule has 0 spiro atoms. The minimum Gasteiger partial charge on any atom is -0.439 e. The molecule has 0 unspecified atom stereocenters. The first-order valence-corrected chi connectivity index (χ1v) is 10.4. The third-order valence-corrected chi connectivity index (χ3v) is 5.66. The molecule has 0 aromatic heterocycles. The first kappa shape index (κ1) is 23.9. The van der Waals surface area contributed by atoms with E-state index in [2.05, 4.69) is 31.3 Å². The minimum absolute atomic E-state index is 0.259. The summed E-state index contributed by atoms with van der Waals surface area (Å²) >= 11 is 0. The SMILES string of the molecule is CC(C)(Cc1ccccc1)NC[C@@H](O)[C@@](Cc1ccccc1)(OC(N)=O)C(C)(C)C. The Hall–Kier alpha value is -2.37. The number of amides is 1. The number of benzene rings is 2. The molecule has 2 aromatic rings. The number of hydrogen-bond donors (Lipinski definition) is 3. The first-order valence-electron chi connectivity index (χ1n) is 10.4. The third-order valence-electron chi connectivity index (χ3n) is 5.66. The van der Waals surface area contributed by atoms with E-state index in [-0.39, 0.29) is 12.1 Å². The molecule has 0 saturated carbocycles. The van der Waals surface area contributed by atoms with Crippen molar-refractivity contribution in [2.24, 2.45) is 11.1 Å². The van der Waals surface area contributed by atoms with Crippen molar-refractivity contribution in [2.45, 2.75) is 64.7 Å². The van der Waals surface area contributed by atoms with Crippen LogP contribution in [0.2, 0.25) is 0 Å². The molecule has 30 heavy (non-hydrogen) atoms. The molecular weight excluding hydrogens is 376 g/mol. The van der Waals surface area contributed by atoms with Gasteiger partial charge in [-0.2, -0.15) is 0 Å². The van der Waals surface area contributed by atoms with Crippen molar-refractivity contribution >= 4 is 6.09 Å². The molecule has 0 saturated heterocycles. The number of β-amino-alcohol motifs (C(OH)–C–C–N with tert-alkyl or cyclic N) is 1. The Bertz CT molecular complexity index is 800. The van der Waals surface area contributed by atoms with Crippen LogP contribution in [0.4, 0.5) is 4.79 Å². The lowest BCUT2D eigenvalue weighted by atomic mass is 9.69. The van der Waals surface area contributed by atoms with E-state index >= 15 is 0 Å². The Morgan fingerprint density at radius 1 is 0.933 bits per heavy atom. The zero-order valence-corrected chi connectivity index (χ0v) is 18.8. The van der Waals surface area contributed by atoms with Gasteiger partial charge in [0.25, 0.3) is 0 Å². The van der Waals surface area contributed by atoms with E-state index < -0.39 is 23.2 Å². The molecule has 5 heteroatoms. The number of aliphatic hydroxyl groups excluding tert-OH is 1. The summed E-state index contributed by atoms with van der Waals surface area (Å²) in [6.45, 7) is 10.3. The van der Waals surface area contributed by atoms with Gasteiger partial charge in [-0.05, 0) is 31.4 Å². The van der Waals surface area contributed by atoms with Crippen LogP contribution < -0.4 is 11.1 Å². The Labute approximate surface area is 180 Å². The molecular formula is C25H36N2O3. The fourth-order valence-corrected chi connectivity index (χ4v) is 3.93. The highest BCUT2D eigenvalue weighted by Gasteiger charge is 2.51. The summed E-state index contributed by atoms with van der Waals surface area (Å²) in [6, 6.07) is 19.9. The summed E-state index contributed by atoms with van der Waals surface area (Å²) in [6.07, 6.45) is -0.676. The van der Waals surface area contributed by atoms with Crippen LogP contribution in [0.5, 0.6) is 0 Å². The zero-order chi connectivity index (χ0) is 22.4. The van der Waals surface area contributed by atoms with Crippen LogP contribution in [-0.2, 0) is 17.6 Å².